The van der Waals surface area contributed by atoms with E-state index < -0.39 is 5.97 Å². The van der Waals surface area contributed by atoms with E-state index in [1.807, 2.05) is 12.1 Å². The fourth-order valence-corrected chi connectivity index (χ4v) is 0.960. The van der Waals surface area contributed by atoms with E-state index in [1.165, 1.54) is 18.5 Å². The molecule has 2 aromatic heterocycles. The highest BCUT2D eigenvalue weighted by molar-refractivity contribution is 6.29. The minimum atomic E-state index is -0.942. The number of aromatic nitrogens is 2. The van der Waals surface area contributed by atoms with Gasteiger partial charge in [-0.1, -0.05) is 17.7 Å². The van der Waals surface area contributed by atoms with E-state index in [4.69, 9.17) is 16.7 Å². The minimum Gasteiger partial charge on any atom is -0.478 e. The predicted molar refractivity (Wildman–Crippen MR) is 60.4 cm³/mol. The summed E-state index contributed by atoms with van der Waals surface area (Å²) in [5.41, 5.74) is 0.220. The summed E-state index contributed by atoms with van der Waals surface area (Å²) in [5.74, 6) is -0.942. The van der Waals surface area contributed by atoms with Gasteiger partial charge in [0, 0.05) is 18.6 Å². The van der Waals surface area contributed by atoms with Crippen LogP contribution < -0.4 is 0 Å². The van der Waals surface area contributed by atoms with Gasteiger partial charge in [0.05, 0.1) is 5.56 Å². The Kier molecular flexibility index (Phi) is 4.95. The van der Waals surface area contributed by atoms with Crippen LogP contribution in [0.25, 0.3) is 0 Å². The molecule has 0 bridgehead atoms. The van der Waals surface area contributed by atoms with Crippen LogP contribution in [0, 0.1) is 0 Å². The Morgan fingerprint density at radius 1 is 1.19 bits per heavy atom. The van der Waals surface area contributed by atoms with E-state index >= 15 is 0 Å². The van der Waals surface area contributed by atoms with Gasteiger partial charge < -0.3 is 5.11 Å². The topological polar surface area (TPSA) is 63.1 Å². The molecule has 0 aliphatic heterocycles. The van der Waals surface area contributed by atoms with Crippen molar-refractivity contribution in [2.24, 2.45) is 0 Å². The van der Waals surface area contributed by atoms with Crippen molar-refractivity contribution in [3.8, 4) is 0 Å². The van der Waals surface area contributed by atoms with Gasteiger partial charge in [0.1, 0.15) is 5.15 Å². The van der Waals surface area contributed by atoms with Crippen molar-refractivity contribution >= 4 is 17.6 Å². The lowest BCUT2D eigenvalue weighted by Gasteiger charge is -1.87. The Labute approximate surface area is 97.6 Å². The second-order valence-corrected chi connectivity index (χ2v) is 3.09. The van der Waals surface area contributed by atoms with Gasteiger partial charge in [-0.15, -0.1) is 0 Å². The summed E-state index contributed by atoms with van der Waals surface area (Å²) < 4.78 is 0. The summed E-state index contributed by atoms with van der Waals surface area (Å²) in [6, 6.07) is 8.49. The van der Waals surface area contributed by atoms with Crippen molar-refractivity contribution in [3.05, 3.63) is 59.6 Å². The molecule has 0 unspecified atom stereocenters. The summed E-state index contributed by atoms with van der Waals surface area (Å²) in [6.07, 6.45) is 4.50. The van der Waals surface area contributed by atoms with Gasteiger partial charge in [-0.2, -0.15) is 0 Å². The molecule has 4 nitrogen and oxygen atoms in total. The molecule has 0 saturated carbocycles. The van der Waals surface area contributed by atoms with Gasteiger partial charge in [0.25, 0.3) is 0 Å². The van der Waals surface area contributed by atoms with Gasteiger partial charge in [-0.3, -0.25) is 4.98 Å². The molecule has 1 N–H and O–H groups in total. The largest absolute Gasteiger partial charge is 0.478 e. The third-order valence-electron chi connectivity index (χ3n) is 1.54. The molecule has 0 amide bonds. The molecule has 0 atom stereocenters. The van der Waals surface area contributed by atoms with Crippen LogP contribution in [0.15, 0.2) is 48.9 Å². The molecule has 0 aromatic carbocycles. The quantitative estimate of drug-likeness (QED) is 0.773. The van der Waals surface area contributed by atoms with E-state index in [9.17, 15) is 4.79 Å². The first-order valence-electron chi connectivity index (χ1n) is 4.40. The highest BCUT2D eigenvalue weighted by Gasteiger charge is 1.97. The van der Waals surface area contributed by atoms with E-state index in [0.717, 1.165) is 0 Å². The van der Waals surface area contributed by atoms with Gasteiger partial charge >= 0.3 is 5.97 Å². The number of carboxylic acid groups (broad SMARTS) is 1. The van der Waals surface area contributed by atoms with Gasteiger partial charge in [-0.25, -0.2) is 9.78 Å². The van der Waals surface area contributed by atoms with Gasteiger partial charge in [0.2, 0.25) is 0 Å². The van der Waals surface area contributed by atoms with E-state index in [1.54, 1.807) is 18.3 Å². The first-order valence-corrected chi connectivity index (χ1v) is 4.78. The summed E-state index contributed by atoms with van der Waals surface area (Å²) in [4.78, 5) is 17.5. The number of rotatable bonds is 1. The number of halogens is 1. The number of pyridine rings is 2. The second-order valence-electron chi connectivity index (χ2n) is 2.70. The van der Waals surface area contributed by atoms with Crippen molar-refractivity contribution in [3.63, 3.8) is 0 Å². The molecule has 0 fully saturated rings. The van der Waals surface area contributed by atoms with Crippen LogP contribution in [-0.4, -0.2) is 21.0 Å². The molecule has 5 heteroatoms. The standard InChI is InChI=1S/C6H5NO2.C5H4ClN/c8-6(9)5-2-1-3-7-4-5;6-5-3-1-2-4-7-5/h1-4H,(H,8,9);1-4H. The maximum Gasteiger partial charge on any atom is 0.337 e. The van der Waals surface area contributed by atoms with Crippen molar-refractivity contribution in [1.29, 1.82) is 0 Å². The van der Waals surface area contributed by atoms with Crippen molar-refractivity contribution < 1.29 is 9.90 Å². The lowest BCUT2D eigenvalue weighted by atomic mass is 10.3. The summed E-state index contributed by atoms with van der Waals surface area (Å²) >= 11 is 5.43. The number of hydrogen-bond acceptors (Lipinski definition) is 3. The SMILES string of the molecule is Clc1ccccn1.O=C(O)c1cccnc1. The highest BCUT2D eigenvalue weighted by Crippen LogP contribution is 1.98. The third kappa shape index (κ3) is 4.52. The Balaban J connectivity index is 0.000000165. The number of carboxylic acids is 1. The zero-order valence-corrected chi connectivity index (χ0v) is 9.00. The molecule has 16 heavy (non-hydrogen) atoms. The van der Waals surface area contributed by atoms with Crippen molar-refractivity contribution in [1.82, 2.24) is 9.97 Å². The molecule has 0 spiro atoms. The first kappa shape index (κ1) is 12.1. The zero-order chi connectivity index (χ0) is 11.8. The van der Waals surface area contributed by atoms with Crippen LogP contribution in [0.2, 0.25) is 5.15 Å². The van der Waals surface area contributed by atoms with Crippen molar-refractivity contribution in [2.45, 2.75) is 0 Å². The molecule has 2 rings (SSSR count). The fourth-order valence-electron chi connectivity index (χ4n) is 0.831. The average Bonchev–Trinajstić information content (AvgIpc) is 2.32. The Morgan fingerprint density at radius 3 is 2.31 bits per heavy atom. The van der Waals surface area contributed by atoms with Crippen molar-refractivity contribution in [2.75, 3.05) is 0 Å². The van der Waals surface area contributed by atoms with Crippen LogP contribution in [0.1, 0.15) is 10.4 Å². The van der Waals surface area contributed by atoms with E-state index in [2.05, 4.69) is 9.97 Å². The predicted octanol–water partition coefficient (Wildman–Crippen LogP) is 2.51. The molecule has 0 aliphatic carbocycles. The molecule has 0 radical (unpaired) electrons. The lowest BCUT2D eigenvalue weighted by Crippen LogP contribution is -1.94. The first-order chi connectivity index (χ1) is 7.70. The Bertz CT molecular complexity index is 434. The van der Waals surface area contributed by atoms with Gasteiger partial charge in [0.15, 0.2) is 0 Å². The summed E-state index contributed by atoms with van der Waals surface area (Å²) in [6.45, 7) is 0. The van der Waals surface area contributed by atoms with Crippen LogP contribution >= 0.6 is 11.6 Å². The molecular weight excluding hydrogens is 228 g/mol. The lowest BCUT2D eigenvalue weighted by molar-refractivity contribution is 0.0696. The van der Waals surface area contributed by atoms with Gasteiger partial charge in [-0.05, 0) is 24.3 Å². The molecular formula is C11H9ClN2O2. The highest BCUT2D eigenvalue weighted by atomic mass is 35.5. The average molecular weight is 237 g/mol. The van der Waals surface area contributed by atoms with Crippen LogP contribution in [0.3, 0.4) is 0 Å². The fraction of sp³-hybridized carbons (Fsp3) is 0. The molecule has 2 aromatic rings. The number of nitrogens with zero attached hydrogens (tertiary/aromatic N) is 2. The maximum atomic E-state index is 10.2. The van der Waals surface area contributed by atoms with Crippen LogP contribution in [-0.2, 0) is 0 Å². The molecule has 0 aliphatic rings. The number of hydrogen-bond donors (Lipinski definition) is 1. The maximum absolute atomic E-state index is 10.2. The van der Waals surface area contributed by atoms with Crippen LogP contribution in [0.4, 0.5) is 0 Å². The normalized spacial score (nSPS) is 8.81. The van der Waals surface area contributed by atoms with Crippen LogP contribution in [0.5, 0.6) is 0 Å². The zero-order valence-electron chi connectivity index (χ0n) is 8.25. The monoisotopic (exact) mass is 236 g/mol. The Hall–Kier alpha value is -1.94. The van der Waals surface area contributed by atoms with E-state index in [0.29, 0.717) is 5.15 Å². The number of carbonyl (C=O) groups is 1. The minimum absolute atomic E-state index is 0.220. The Morgan fingerprint density at radius 2 is 2.00 bits per heavy atom. The summed E-state index contributed by atoms with van der Waals surface area (Å²) in [7, 11) is 0. The summed E-state index contributed by atoms with van der Waals surface area (Å²) in [5, 5.41) is 8.89. The molecule has 0 saturated heterocycles. The van der Waals surface area contributed by atoms with E-state index in [-0.39, 0.29) is 5.56 Å². The molecule has 2 heterocycles. The molecule has 82 valence electrons. The third-order valence-corrected chi connectivity index (χ3v) is 1.76. The number of aromatic carboxylic acids is 1. The second kappa shape index (κ2) is 6.53. The smallest absolute Gasteiger partial charge is 0.337 e.